The maximum absolute atomic E-state index is 12.4. The van der Waals surface area contributed by atoms with Crippen LogP contribution in [0.15, 0.2) is 70.3 Å². The molecule has 0 unspecified atom stereocenters. The van der Waals surface area contributed by atoms with E-state index in [1.165, 1.54) is 12.1 Å². The van der Waals surface area contributed by atoms with Gasteiger partial charge in [0.15, 0.2) is 5.76 Å². The second-order valence-electron chi connectivity index (χ2n) is 4.95. The summed E-state index contributed by atoms with van der Waals surface area (Å²) in [5, 5.41) is 0.692. The minimum absolute atomic E-state index is 0.0261. The van der Waals surface area contributed by atoms with Crippen LogP contribution in [0.1, 0.15) is 11.1 Å². The number of ether oxygens (including phenoxy) is 1. The predicted molar refractivity (Wildman–Crippen MR) is 89.3 cm³/mol. The van der Waals surface area contributed by atoms with Crippen LogP contribution in [0, 0.1) is 0 Å². The van der Waals surface area contributed by atoms with Crippen molar-refractivity contribution in [1.29, 1.82) is 0 Å². The summed E-state index contributed by atoms with van der Waals surface area (Å²) in [7, 11) is -9.44. The average molecular weight is 364 g/mol. The smallest absolute Gasteiger partial charge is 0.309 e. The fourth-order valence-corrected chi connectivity index (χ4v) is 4.96. The van der Waals surface area contributed by atoms with Crippen LogP contribution in [-0.2, 0) is 24.7 Å². The number of hydrogen-bond acceptors (Lipinski definition) is 5. The standard InChI is InChI=1S/C16H12O6S2/c17-23(18)11-14(12-7-3-1-4-8-12)22-15(16(23)24(19,20)21)13-9-5-2-6-10-13/h1-11H,(H,19,20,21). The Balaban J connectivity index is 2.26. The summed E-state index contributed by atoms with van der Waals surface area (Å²) in [5.41, 5.74) is 0.680. The summed E-state index contributed by atoms with van der Waals surface area (Å²) in [5.74, 6) is -0.457. The molecule has 0 aromatic heterocycles. The van der Waals surface area contributed by atoms with Crippen molar-refractivity contribution in [2.45, 2.75) is 0 Å². The fourth-order valence-electron chi connectivity index (χ4n) is 2.26. The molecule has 0 saturated heterocycles. The molecule has 124 valence electrons. The van der Waals surface area contributed by atoms with E-state index < -0.39 is 30.0 Å². The third-order valence-electron chi connectivity index (χ3n) is 3.25. The normalized spacial score (nSPS) is 17.1. The summed E-state index contributed by atoms with van der Waals surface area (Å²) in [6.45, 7) is 0. The van der Waals surface area contributed by atoms with Gasteiger partial charge in [-0.3, -0.25) is 4.55 Å². The highest BCUT2D eigenvalue weighted by atomic mass is 32.3. The van der Waals surface area contributed by atoms with Gasteiger partial charge in [0.25, 0.3) is 0 Å². The van der Waals surface area contributed by atoms with Crippen LogP contribution in [0.5, 0.6) is 0 Å². The Morgan fingerprint density at radius 2 is 1.33 bits per heavy atom. The Morgan fingerprint density at radius 1 is 0.833 bits per heavy atom. The first-order valence-electron chi connectivity index (χ1n) is 6.76. The lowest BCUT2D eigenvalue weighted by atomic mass is 10.2. The molecule has 2 aromatic rings. The van der Waals surface area contributed by atoms with Gasteiger partial charge in [0, 0.05) is 11.1 Å². The quantitative estimate of drug-likeness (QED) is 0.841. The molecular weight excluding hydrogens is 352 g/mol. The van der Waals surface area contributed by atoms with Gasteiger partial charge in [-0.05, 0) is 0 Å². The molecule has 2 aromatic carbocycles. The maximum atomic E-state index is 12.4. The van der Waals surface area contributed by atoms with Crippen molar-refractivity contribution in [3.63, 3.8) is 0 Å². The molecule has 6 nitrogen and oxygen atoms in total. The van der Waals surface area contributed by atoms with Crippen LogP contribution in [0.3, 0.4) is 0 Å². The topological polar surface area (TPSA) is 97.7 Å². The van der Waals surface area contributed by atoms with E-state index >= 15 is 0 Å². The lowest BCUT2D eigenvalue weighted by Crippen LogP contribution is -2.19. The van der Waals surface area contributed by atoms with E-state index in [0.29, 0.717) is 11.0 Å². The zero-order valence-corrected chi connectivity index (χ0v) is 13.8. The van der Waals surface area contributed by atoms with Crippen molar-refractivity contribution in [2.75, 3.05) is 0 Å². The van der Waals surface area contributed by atoms with Crippen LogP contribution in [0.2, 0.25) is 0 Å². The lowest BCUT2D eigenvalue weighted by Gasteiger charge is -2.20. The van der Waals surface area contributed by atoms with Crippen LogP contribution in [0.25, 0.3) is 11.5 Å². The SMILES string of the molecule is O=S(=O)(O)C1=C(c2ccccc2)OC(c2ccccc2)=CS1(=O)=O. The second-order valence-corrected chi connectivity index (χ2v) is 8.30. The van der Waals surface area contributed by atoms with Gasteiger partial charge in [-0.15, -0.1) is 0 Å². The van der Waals surface area contributed by atoms with E-state index in [9.17, 15) is 21.4 Å². The molecule has 0 aliphatic carbocycles. The molecule has 1 aliphatic heterocycles. The zero-order chi connectivity index (χ0) is 17.4. The fraction of sp³-hybridized carbons (Fsp3) is 0. The second kappa shape index (κ2) is 5.90. The average Bonchev–Trinajstić information content (AvgIpc) is 2.53. The van der Waals surface area contributed by atoms with E-state index in [1.54, 1.807) is 48.5 Å². The summed E-state index contributed by atoms with van der Waals surface area (Å²) in [4.78, 5) is 0. The molecule has 3 rings (SSSR count). The highest BCUT2D eigenvalue weighted by Gasteiger charge is 2.38. The van der Waals surface area contributed by atoms with Crippen LogP contribution >= 0.6 is 0 Å². The lowest BCUT2D eigenvalue weighted by molar-refractivity contribution is 0.461. The van der Waals surface area contributed by atoms with E-state index in [-0.39, 0.29) is 11.3 Å². The van der Waals surface area contributed by atoms with Crippen molar-refractivity contribution >= 4 is 31.5 Å². The molecule has 1 heterocycles. The highest BCUT2D eigenvalue weighted by molar-refractivity contribution is 8.14. The molecule has 0 radical (unpaired) electrons. The molecule has 0 amide bonds. The molecule has 24 heavy (non-hydrogen) atoms. The summed E-state index contributed by atoms with van der Waals surface area (Å²) >= 11 is 0. The molecule has 0 fully saturated rings. The molecule has 0 spiro atoms. The Labute approximate surface area is 139 Å². The summed E-state index contributed by atoms with van der Waals surface area (Å²) in [6.07, 6.45) is 0. The van der Waals surface area contributed by atoms with Crippen molar-refractivity contribution in [3.8, 4) is 0 Å². The van der Waals surface area contributed by atoms with E-state index in [1.807, 2.05) is 0 Å². The van der Waals surface area contributed by atoms with Gasteiger partial charge in [0.1, 0.15) is 5.76 Å². The predicted octanol–water partition coefficient (Wildman–Crippen LogP) is 2.64. The van der Waals surface area contributed by atoms with E-state index in [4.69, 9.17) is 4.74 Å². The Kier molecular flexibility index (Phi) is 4.04. The number of sulfone groups is 1. The van der Waals surface area contributed by atoms with Gasteiger partial charge in [0.2, 0.25) is 14.1 Å². The van der Waals surface area contributed by atoms with E-state index in [0.717, 1.165) is 0 Å². The van der Waals surface area contributed by atoms with Crippen molar-refractivity contribution in [2.24, 2.45) is 0 Å². The van der Waals surface area contributed by atoms with Gasteiger partial charge in [-0.1, -0.05) is 60.7 Å². The third-order valence-corrected chi connectivity index (χ3v) is 6.46. The van der Waals surface area contributed by atoms with Crippen LogP contribution in [-0.4, -0.2) is 21.4 Å². The highest BCUT2D eigenvalue weighted by Crippen LogP contribution is 2.37. The van der Waals surface area contributed by atoms with Crippen LogP contribution < -0.4 is 0 Å². The number of hydrogen-bond donors (Lipinski definition) is 1. The Morgan fingerprint density at radius 3 is 1.83 bits per heavy atom. The monoisotopic (exact) mass is 364 g/mol. The van der Waals surface area contributed by atoms with Gasteiger partial charge in [-0.25, -0.2) is 8.42 Å². The molecule has 0 atom stereocenters. The molecule has 1 aliphatic rings. The molecule has 0 bridgehead atoms. The summed E-state index contributed by atoms with van der Waals surface area (Å²) in [6, 6.07) is 16.2. The molecule has 1 N–H and O–H groups in total. The Bertz CT molecular complexity index is 1030. The molecule has 0 saturated carbocycles. The van der Waals surface area contributed by atoms with Crippen LogP contribution in [0.4, 0.5) is 0 Å². The summed E-state index contributed by atoms with van der Waals surface area (Å²) < 4.78 is 61.9. The van der Waals surface area contributed by atoms with Gasteiger partial charge < -0.3 is 4.74 Å². The number of rotatable bonds is 3. The number of benzene rings is 2. The molecule has 8 heteroatoms. The van der Waals surface area contributed by atoms with Gasteiger partial charge >= 0.3 is 10.1 Å². The first kappa shape index (κ1) is 16.4. The third kappa shape index (κ3) is 3.12. The first-order valence-corrected chi connectivity index (χ1v) is 9.75. The molecular formula is C16H12O6S2. The minimum Gasteiger partial charge on any atom is -0.453 e. The minimum atomic E-state index is -5.01. The maximum Gasteiger partial charge on any atom is 0.309 e. The van der Waals surface area contributed by atoms with Gasteiger partial charge in [0.05, 0.1) is 5.41 Å². The zero-order valence-electron chi connectivity index (χ0n) is 12.2. The Hall–Kier alpha value is -2.42. The first-order chi connectivity index (χ1) is 11.3. The largest absolute Gasteiger partial charge is 0.453 e. The van der Waals surface area contributed by atoms with Crippen molar-refractivity contribution < 1.29 is 26.1 Å². The van der Waals surface area contributed by atoms with Gasteiger partial charge in [-0.2, -0.15) is 8.42 Å². The van der Waals surface area contributed by atoms with E-state index in [2.05, 4.69) is 0 Å². The van der Waals surface area contributed by atoms with Crippen molar-refractivity contribution in [1.82, 2.24) is 0 Å². The van der Waals surface area contributed by atoms with Crippen molar-refractivity contribution in [3.05, 3.63) is 81.4 Å².